The van der Waals surface area contributed by atoms with Crippen LogP contribution in [0.5, 0.6) is 0 Å². The van der Waals surface area contributed by atoms with E-state index in [1.807, 2.05) is 31.2 Å². The second kappa shape index (κ2) is 7.49. The number of amides is 1. The summed E-state index contributed by atoms with van der Waals surface area (Å²) in [4.78, 5) is 14.4. The smallest absolute Gasteiger partial charge is 0.227 e. The van der Waals surface area contributed by atoms with Crippen molar-refractivity contribution in [1.29, 1.82) is 0 Å². The number of likely N-dealkylation sites (N-methyl/N-ethyl adjacent to an activating group) is 1. The molecule has 0 aromatic heterocycles. The first kappa shape index (κ1) is 18.7. The largest absolute Gasteiger partial charge is 0.339 e. The third-order valence-electron chi connectivity index (χ3n) is 4.03. The first-order chi connectivity index (χ1) is 11.2. The van der Waals surface area contributed by atoms with Crippen LogP contribution in [0.1, 0.15) is 24.1 Å². The number of rotatable bonds is 5. The molecular weight excluding hydrogens is 390 g/mol. The molecule has 2 aromatic rings. The quantitative estimate of drug-likeness (QED) is 0.757. The van der Waals surface area contributed by atoms with Crippen LogP contribution in [0, 0.1) is 0 Å². The lowest BCUT2D eigenvalue weighted by atomic mass is 10.1. The summed E-state index contributed by atoms with van der Waals surface area (Å²) in [6, 6.07) is 14.2. The Morgan fingerprint density at radius 3 is 2.12 bits per heavy atom. The van der Waals surface area contributed by atoms with Crippen molar-refractivity contribution in [2.45, 2.75) is 24.3 Å². The Morgan fingerprint density at radius 2 is 1.62 bits per heavy atom. The van der Waals surface area contributed by atoms with Gasteiger partial charge in [-0.1, -0.05) is 40.2 Å². The van der Waals surface area contributed by atoms with E-state index >= 15 is 0 Å². The molecule has 6 heteroatoms. The zero-order valence-electron chi connectivity index (χ0n) is 13.9. The Morgan fingerprint density at radius 1 is 1.08 bits per heavy atom. The van der Waals surface area contributed by atoms with Gasteiger partial charge < -0.3 is 4.90 Å². The van der Waals surface area contributed by atoms with Gasteiger partial charge in [-0.25, -0.2) is 8.42 Å². The van der Waals surface area contributed by atoms with Crippen molar-refractivity contribution in [3.05, 3.63) is 64.1 Å². The van der Waals surface area contributed by atoms with Gasteiger partial charge in [-0.3, -0.25) is 4.79 Å². The van der Waals surface area contributed by atoms with E-state index in [0.29, 0.717) is 6.42 Å². The molecule has 0 saturated heterocycles. The molecule has 4 nitrogen and oxygen atoms in total. The molecule has 1 unspecified atom stereocenters. The van der Waals surface area contributed by atoms with E-state index in [0.717, 1.165) is 15.6 Å². The topological polar surface area (TPSA) is 54.5 Å². The van der Waals surface area contributed by atoms with Crippen molar-refractivity contribution in [2.75, 3.05) is 13.3 Å². The van der Waals surface area contributed by atoms with Gasteiger partial charge in [0.25, 0.3) is 0 Å². The standard InChI is InChI=1S/C18H20BrNO3S/c1-13(15-6-10-17(11-7-15)24(3,22)23)20(2)18(21)12-14-4-8-16(19)9-5-14/h4-11,13H,12H2,1-3H3. The van der Waals surface area contributed by atoms with Crippen LogP contribution in [0.3, 0.4) is 0 Å². The molecule has 0 bridgehead atoms. The summed E-state index contributed by atoms with van der Waals surface area (Å²) >= 11 is 3.38. The lowest BCUT2D eigenvalue weighted by Gasteiger charge is -2.25. The minimum absolute atomic E-state index is 0.0111. The third-order valence-corrected chi connectivity index (χ3v) is 5.69. The minimum atomic E-state index is -3.21. The number of hydrogen-bond donors (Lipinski definition) is 0. The average molecular weight is 410 g/mol. The summed E-state index contributed by atoms with van der Waals surface area (Å²) in [5.41, 5.74) is 1.85. The van der Waals surface area contributed by atoms with Crippen molar-refractivity contribution in [3.8, 4) is 0 Å². The fourth-order valence-electron chi connectivity index (χ4n) is 2.33. The van der Waals surface area contributed by atoms with E-state index in [1.54, 1.807) is 36.2 Å². The van der Waals surface area contributed by atoms with Crippen molar-refractivity contribution < 1.29 is 13.2 Å². The normalized spacial score (nSPS) is 12.7. The molecular formula is C18H20BrNO3S. The van der Waals surface area contributed by atoms with E-state index < -0.39 is 9.84 Å². The van der Waals surface area contributed by atoms with Crippen molar-refractivity contribution in [3.63, 3.8) is 0 Å². The number of halogens is 1. The molecule has 0 radical (unpaired) electrons. The van der Waals surface area contributed by atoms with Crippen LogP contribution in [0.2, 0.25) is 0 Å². The summed E-state index contributed by atoms with van der Waals surface area (Å²) < 4.78 is 24.0. The summed E-state index contributed by atoms with van der Waals surface area (Å²) in [6.07, 6.45) is 1.51. The molecule has 0 N–H and O–H groups in total. The number of benzene rings is 2. The molecule has 0 aliphatic rings. The molecule has 1 amide bonds. The van der Waals surface area contributed by atoms with E-state index in [9.17, 15) is 13.2 Å². The van der Waals surface area contributed by atoms with E-state index in [1.165, 1.54) is 6.26 Å². The first-order valence-corrected chi connectivity index (χ1v) is 10.2. The minimum Gasteiger partial charge on any atom is -0.339 e. The fourth-order valence-corrected chi connectivity index (χ4v) is 3.23. The van der Waals surface area contributed by atoms with Crippen molar-refractivity contribution in [2.24, 2.45) is 0 Å². The van der Waals surface area contributed by atoms with Crippen molar-refractivity contribution in [1.82, 2.24) is 4.90 Å². The molecule has 2 aromatic carbocycles. The Kier molecular flexibility index (Phi) is 5.83. The Labute approximate surface area is 151 Å². The van der Waals surface area contributed by atoms with Gasteiger partial charge in [0.15, 0.2) is 9.84 Å². The predicted molar refractivity (Wildman–Crippen MR) is 98.6 cm³/mol. The van der Waals surface area contributed by atoms with Crippen LogP contribution in [-0.2, 0) is 21.1 Å². The van der Waals surface area contributed by atoms with Crippen LogP contribution in [0.4, 0.5) is 0 Å². The fraction of sp³-hybridized carbons (Fsp3) is 0.278. The van der Waals surface area contributed by atoms with Gasteiger partial charge in [0, 0.05) is 17.8 Å². The van der Waals surface area contributed by atoms with Crippen LogP contribution in [0.15, 0.2) is 57.9 Å². The predicted octanol–water partition coefficient (Wildman–Crippen LogP) is 3.61. The van der Waals surface area contributed by atoms with E-state index in [4.69, 9.17) is 0 Å². The van der Waals surface area contributed by atoms with Gasteiger partial charge in [-0.05, 0) is 42.3 Å². The van der Waals surface area contributed by atoms with Gasteiger partial charge in [-0.2, -0.15) is 0 Å². The molecule has 0 saturated carbocycles. The monoisotopic (exact) mass is 409 g/mol. The molecule has 0 aliphatic heterocycles. The number of hydrogen-bond acceptors (Lipinski definition) is 3. The lowest BCUT2D eigenvalue weighted by molar-refractivity contribution is -0.131. The van der Waals surface area contributed by atoms with Gasteiger partial charge in [0.05, 0.1) is 17.4 Å². The number of nitrogens with zero attached hydrogens (tertiary/aromatic N) is 1. The maximum Gasteiger partial charge on any atom is 0.227 e. The Hall–Kier alpha value is -1.66. The van der Waals surface area contributed by atoms with E-state index in [-0.39, 0.29) is 16.8 Å². The van der Waals surface area contributed by atoms with Gasteiger partial charge in [0.1, 0.15) is 0 Å². The Bertz CT molecular complexity index is 814. The van der Waals surface area contributed by atoms with Gasteiger partial charge in [-0.15, -0.1) is 0 Å². The molecule has 24 heavy (non-hydrogen) atoms. The SMILES string of the molecule is CC(c1ccc(S(C)(=O)=O)cc1)N(C)C(=O)Cc1ccc(Br)cc1. The lowest BCUT2D eigenvalue weighted by Crippen LogP contribution is -2.31. The zero-order valence-corrected chi connectivity index (χ0v) is 16.3. The molecule has 0 spiro atoms. The third kappa shape index (κ3) is 4.68. The molecule has 0 fully saturated rings. The number of sulfone groups is 1. The highest BCUT2D eigenvalue weighted by atomic mass is 79.9. The summed E-state index contributed by atoms with van der Waals surface area (Å²) in [5.74, 6) is 0.0111. The summed E-state index contributed by atoms with van der Waals surface area (Å²) in [7, 11) is -1.45. The maximum atomic E-state index is 12.5. The van der Waals surface area contributed by atoms with Crippen molar-refractivity contribution >= 4 is 31.7 Å². The summed E-state index contributed by atoms with van der Waals surface area (Å²) in [6.45, 7) is 1.93. The highest BCUT2D eigenvalue weighted by molar-refractivity contribution is 9.10. The molecule has 2 rings (SSSR count). The van der Waals surface area contributed by atoms with Crippen LogP contribution in [0.25, 0.3) is 0 Å². The highest BCUT2D eigenvalue weighted by Gasteiger charge is 2.18. The molecule has 1 atom stereocenters. The van der Waals surface area contributed by atoms with Gasteiger partial charge >= 0.3 is 0 Å². The summed E-state index contributed by atoms with van der Waals surface area (Å²) in [5, 5.41) is 0. The van der Waals surface area contributed by atoms with Crippen LogP contribution < -0.4 is 0 Å². The van der Waals surface area contributed by atoms with Gasteiger partial charge in [0.2, 0.25) is 5.91 Å². The maximum absolute atomic E-state index is 12.5. The first-order valence-electron chi connectivity index (χ1n) is 7.48. The number of carbonyl (C=O) groups excluding carboxylic acids is 1. The number of carbonyl (C=O) groups is 1. The second-order valence-electron chi connectivity index (χ2n) is 5.83. The second-order valence-corrected chi connectivity index (χ2v) is 8.76. The van der Waals surface area contributed by atoms with Crippen LogP contribution >= 0.6 is 15.9 Å². The Balaban J connectivity index is 2.09. The molecule has 0 heterocycles. The highest BCUT2D eigenvalue weighted by Crippen LogP contribution is 2.22. The molecule has 0 aliphatic carbocycles. The van der Waals surface area contributed by atoms with E-state index in [2.05, 4.69) is 15.9 Å². The average Bonchev–Trinajstić information content (AvgIpc) is 2.55. The molecule has 128 valence electrons. The van der Waals surface area contributed by atoms with Crippen LogP contribution in [-0.4, -0.2) is 32.5 Å². The zero-order chi connectivity index (χ0) is 17.9.